The number of rotatable bonds is 5. The van der Waals surface area contributed by atoms with Crippen LogP contribution in [0.1, 0.15) is 27.7 Å². The van der Waals surface area contributed by atoms with Crippen molar-refractivity contribution >= 4 is 17.7 Å². The molecule has 6 nitrogen and oxygen atoms in total. The molecule has 0 aromatic carbocycles. The fourth-order valence-electron chi connectivity index (χ4n) is 1.91. The minimum atomic E-state index is -0.140. The Kier molecular flexibility index (Phi) is 4.73. The third kappa shape index (κ3) is 3.36. The van der Waals surface area contributed by atoms with E-state index in [-0.39, 0.29) is 5.91 Å². The normalized spacial score (nSPS) is 10.6. The molecule has 0 radical (unpaired) electrons. The molecule has 20 heavy (non-hydrogen) atoms. The van der Waals surface area contributed by atoms with Crippen LogP contribution in [0.2, 0.25) is 0 Å². The van der Waals surface area contributed by atoms with E-state index in [4.69, 9.17) is 0 Å². The van der Waals surface area contributed by atoms with E-state index in [9.17, 15) is 4.79 Å². The summed E-state index contributed by atoms with van der Waals surface area (Å²) in [4.78, 5) is 27.9. The van der Waals surface area contributed by atoms with Crippen molar-refractivity contribution in [2.75, 3.05) is 12.8 Å². The fraction of sp³-hybridized carbons (Fsp3) is 0.385. The number of nitrogens with zero attached hydrogens (tertiary/aromatic N) is 3. The zero-order valence-electron chi connectivity index (χ0n) is 11.7. The molecule has 2 aromatic heterocycles. The van der Waals surface area contributed by atoms with E-state index in [0.29, 0.717) is 35.1 Å². The molecule has 2 N–H and O–H groups in total. The van der Waals surface area contributed by atoms with E-state index in [0.717, 1.165) is 5.82 Å². The first kappa shape index (κ1) is 14.5. The maximum atomic E-state index is 12.2. The van der Waals surface area contributed by atoms with Crippen LogP contribution in [0.15, 0.2) is 17.4 Å². The lowest BCUT2D eigenvalue weighted by molar-refractivity contribution is 0.0949. The first-order valence-corrected chi connectivity index (χ1v) is 7.50. The molecular weight excluding hydrogens is 274 g/mol. The van der Waals surface area contributed by atoms with Crippen molar-refractivity contribution in [3.05, 3.63) is 35.3 Å². The van der Waals surface area contributed by atoms with Gasteiger partial charge < -0.3 is 10.3 Å². The lowest BCUT2D eigenvalue weighted by atomic mass is 10.2. The Labute approximate surface area is 121 Å². The number of hydrogen-bond acceptors (Lipinski definition) is 5. The van der Waals surface area contributed by atoms with Gasteiger partial charge in [-0.25, -0.2) is 15.0 Å². The number of thioether (sulfide) groups is 1. The number of nitrogens with one attached hydrogen (secondary N) is 2. The Morgan fingerprint density at radius 1 is 1.40 bits per heavy atom. The second-order valence-corrected chi connectivity index (χ2v) is 5.08. The van der Waals surface area contributed by atoms with Gasteiger partial charge in [-0.3, -0.25) is 4.79 Å². The number of H-pyrrole nitrogens is 1. The van der Waals surface area contributed by atoms with Crippen molar-refractivity contribution in [3.63, 3.8) is 0 Å². The van der Waals surface area contributed by atoms with Gasteiger partial charge in [-0.1, -0.05) is 0 Å². The van der Waals surface area contributed by atoms with Gasteiger partial charge in [0.1, 0.15) is 16.7 Å². The summed E-state index contributed by atoms with van der Waals surface area (Å²) in [5, 5.41) is 3.59. The van der Waals surface area contributed by atoms with Crippen LogP contribution in [0, 0.1) is 13.8 Å². The topological polar surface area (TPSA) is 83.6 Å². The summed E-state index contributed by atoms with van der Waals surface area (Å²) >= 11 is 1.45. The molecule has 0 aliphatic carbocycles. The van der Waals surface area contributed by atoms with Gasteiger partial charge in [0.2, 0.25) is 0 Å². The predicted molar refractivity (Wildman–Crippen MR) is 77.9 cm³/mol. The molecule has 0 atom stereocenters. The minimum absolute atomic E-state index is 0.140. The summed E-state index contributed by atoms with van der Waals surface area (Å²) in [7, 11) is 0. The monoisotopic (exact) mass is 291 g/mol. The fourth-order valence-corrected chi connectivity index (χ4v) is 2.58. The number of aromatic amines is 1. The third-order valence-corrected chi connectivity index (χ3v) is 3.47. The predicted octanol–water partition coefficient (Wildman–Crippen LogP) is 1.51. The quantitative estimate of drug-likeness (QED) is 0.644. The molecule has 2 heterocycles. The molecule has 7 heteroatoms. The van der Waals surface area contributed by atoms with E-state index in [1.165, 1.54) is 11.8 Å². The number of aromatic nitrogens is 4. The molecule has 2 aromatic rings. The molecule has 0 fully saturated rings. The Morgan fingerprint density at radius 3 is 2.85 bits per heavy atom. The van der Waals surface area contributed by atoms with Crippen LogP contribution in [-0.4, -0.2) is 38.6 Å². The number of amides is 1. The van der Waals surface area contributed by atoms with E-state index < -0.39 is 0 Å². The number of hydrogen-bond donors (Lipinski definition) is 2. The van der Waals surface area contributed by atoms with E-state index in [1.807, 2.05) is 20.1 Å². The molecule has 0 aliphatic heterocycles. The largest absolute Gasteiger partial charge is 0.351 e. The zero-order chi connectivity index (χ0) is 14.5. The van der Waals surface area contributed by atoms with Gasteiger partial charge in [0.15, 0.2) is 0 Å². The van der Waals surface area contributed by atoms with Gasteiger partial charge >= 0.3 is 0 Å². The Hall–Kier alpha value is -1.89. The Bertz CT molecular complexity index is 597. The van der Waals surface area contributed by atoms with Crippen LogP contribution < -0.4 is 5.32 Å². The first-order valence-electron chi connectivity index (χ1n) is 6.27. The Balaban J connectivity index is 2.05. The lowest BCUT2D eigenvalue weighted by Gasteiger charge is -2.10. The van der Waals surface area contributed by atoms with E-state index in [2.05, 4.69) is 25.3 Å². The van der Waals surface area contributed by atoms with Crippen LogP contribution in [0.4, 0.5) is 0 Å². The highest BCUT2D eigenvalue weighted by molar-refractivity contribution is 7.98. The maximum Gasteiger partial charge on any atom is 0.255 e. The summed E-state index contributed by atoms with van der Waals surface area (Å²) in [6, 6.07) is 0. The van der Waals surface area contributed by atoms with E-state index in [1.54, 1.807) is 12.4 Å². The molecule has 106 valence electrons. The zero-order valence-corrected chi connectivity index (χ0v) is 12.5. The van der Waals surface area contributed by atoms with Gasteiger partial charge in [0.05, 0.1) is 11.3 Å². The van der Waals surface area contributed by atoms with Crippen LogP contribution >= 0.6 is 11.8 Å². The summed E-state index contributed by atoms with van der Waals surface area (Å²) in [5.41, 5.74) is 1.26. The van der Waals surface area contributed by atoms with Gasteiger partial charge in [-0.15, -0.1) is 11.8 Å². The summed E-state index contributed by atoms with van der Waals surface area (Å²) in [5.74, 6) is 1.39. The third-order valence-electron chi connectivity index (χ3n) is 2.79. The number of aryl methyl sites for hydroxylation is 2. The number of carbonyl (C=O) groups excluding carboxylic acids is 1. The van der Waals surface area contributed by atoms with Crippen molar-refractivity contribution in [1.82, 2.24) is 25.3 Å². The molecule has 2 rings (SSSR count). The van der Waals surface area contributed by atoms with Crippen LogP contribution in [-0.2, 0) is 6.42 Å². The van der Waals surface area contributed by atoms with Gasteiger partial charge in [0, 0.05) is 25.4 Å². The van der Waals surface area contributed by atoms with Crippen LogP contribution in [0.3, 0.4) is 0 Å². The van der Waals surface area contributed by atoms with Crippen LogP contribution in [0.5, 0.6) is 0 Å². The summed E-state index contributed by atoms with van der Waals surface area (Å²) < 4.78 is 0. The first-order chi connectivity index (χ1) is 9.61. The number of carbonyl (C=O) groups is 1. The highest BCUT2D eigenvalue weighted by atomic mass is 32.2. The molecule has 0 aliphatic rings. The van der Waals surface area contributed by atoms with Crippen molar-refractivity contribution in [3.8, 4) is 0 Å². The van der Waals surface area contributed by atoms with Gasteiger partial charge in [-0.2, -0.15) is 0 Å². The maximum absolute atomic E-state index is 12.2. The minimum Gasteiger partial charge on any atom is -0.351 e. The average Bonchev–Trinajstić information content (AvgIpc) is 2.90. The van der Waals surface area contributed by atoms with Crippen molar-refractivity contribution in [2.24, 2.45) is 0 Å². The van der Waals surface area contributed by atoms with Crippen molar-refractivity contribution in [1.29, 1.82) is 0 Å². The summed E-state index contributed by atoms with van der Waals surface area (Å²) in [6.45, 7) is 4.18. The molecule has 0 saturated carbocycles. The molecular formula is C13H17N5OS. The lowest BCUT2D eigenvalue weighted by Crippen LogP contribution is -2.28. The SMILES string of the molecule is CSc1nc(C)nc(C)c1C(=O)NCCc1ncc[nH]1. The molecule has 0 unspecified atom stereocenters. The molecule has 1 amide bonds. The van der Waals surface area contributed by atoms with Gasteiger partial charge in [-0.05, 0) is 20.1 Å². The Morgan fingerprint density at radius 2 is 2.20 bits per heavy atom. The van der Waals surface area contributed by atoms with E-state index >= 15 is 0 Å². The van der Waals surface area contributed by atoms with Crippen molar-refractivity contribution < 1.29 is 4.79 Å². The van der Waals surface area contributed by atoms with Crippen LogP contribution in [0.25, 0.3) is 0 Å². The number of imidazole rings is 1. The second kappa shape index (κ2) is 6.51. The smallest absolute Gasteiger partial charge is 0.255 e. The highest BCUT2D eigenvalue weighted by Gasteiger charge is 2.17. The van der Waals surface area contributed by atoms with Crippen molar-refractivity contribution in [2.45, 2.75) is 25.3 Å². The summed E-state index contributed by atoms with van der Waals surface area (Å²) in [6.07, 6.45) is 6.03. The standard InChI is InChI=1S/C13H17N5OS/c1-8-11(13(20-3)18-9(2)17-8)12(19)16-5-4-10-14-6-7-15-10/h6-7H,4-5H2,1-3H3,(H,14,15)(H,16,19). The molecule has 0 spiro atoms. The second-order valence-electron chi connectivity index (χ2n) is 4.28. The molecule has 0 bridgehead atoms. The average molecular weight is 291 g/mol. The molecule has 0 saturated heterocycles. The van der Waals surface area contributed by atoms with Gasteiger partial charge in [0.25, 0.3) is 5.91 Å². The highest BCUT2D eigenvalue weighted by Crippen LogP contribution is 2.20.